The van der Waals surface area contributed by atoms with Gasteiger partial charge in [0.1, 0.15) is 0 Å². The maximum atomic E-state index is 5.54. The van der Waals surface area contributed by atoms with Crippen molar-refractivity contribution in [2.75, 3.05) is 19.1 Å². The highest BCUT2D eigenvalue weighted by Crippen LogP contribution is 2.32. The van der Waals surface area contributed by atoms with Crippen LogP contribution in [0, 0.1) is 0 Å². The molecular weight excluding hydrogens is 162 g/mol. The summed E-state index contributed by atoms with van der Waals surface area (Å²) < 4.78 is 11.1. The minimum absolute atomic E-state index is 0.323. The molecule has 3 unspecified atom stereocenters. The van der Waals surface area contributed by atoms with Gasteiger partial charge < -0.3 is 15.2 Å². The first kappa shape index (κ1) is 7.86. The number of rotatable bonds is 2. The van der Waals surface area contributed by atoms with Crippen molar-refractivity contribution in [1.29, 1.82) is 0 Å². The molecule has 0 aliphatic carbocycles. The summed E-state index contributed by atoms with van der Waals surface area (Å²) in [7, 11) is 0. The summed E-state index contributed by atoms with van der Waals surface area (Å²) in [5.41, 5.74) is 5.44. The molecule has 0 radical (unpaired) electrons. The van der Waals surface area contributed by atoms with Crippen molar-refractivity contribution in [2.45, 2.75) is 23.9 Å². The summed E-state index contributed by atoms with van der Waals surface area (Å²) >= 11 is 1.74. The molecule has 2 fully saturated rings. The minimum Gasteiger partial charge on any atom is -0.374 e. The Morgan fingerprint density at radius 1 is 1.45 bits per heavy atom. The van der Waals surface area contributed by atoms with E-state index in [9.17, 15) is 0 Å². The standard InChI is InChI=1S/C7H13NO2S/c8-4-11-6-3-10-5-1-2-9-7(5)6/h5-7H,1-4,8H2. The Bertz CT molecular complexity index is 142. The fourth-order valence-corrected chi connectivity index (χ4v) is 2.56. The summed E-state index contributed by atoms with van der Waals surface area (Å²) in [4.78, 5) is 0. The van der Waals surface area contributed by atoms with Crippen LogP contribution in [0.4, 0.5) is 0 Å². The average Bonchev–Trinajstić information content (AvgIpc) is 2.53. The van der Waals surface area contributed by atoms with Gasteiger partial charge >= 0.3 is 0 Å². The zero-order chi connectivity index (χ0) is 7.68. The van der Waals surface area contributed by atoms with Crippen LogP contribution in [-0.4, -0.2) is 36.5 Å². The van der Waals surface area contributed by atoms with Gasteiger partial charge in [-0.1, -0.05) is 0 Å². The molecule has 0 aromatic heterocycles. The lowest BCUT2D eigenvalue weighted by Crippen LogP contribution is -2.25. The van der Waals surface area contributed by atoms with E-state index in [2.05, 4.69) is 0 Å². The number of thioether (sulfide) groups is 1. The molecule has 0 bridgehead atoms. The predicted molar refractivity (Wildman–Crippen MR) is 44.5 cm³/mol. The Morgan fingerprint density at radius 3 is 3.18 bits per heavy atom. The van der Waals surface area contributed by atoms with Crippen molar-refractivity contribution in [1.82, 2.24) is 0 Å². The third-order valence-electron chi connectivity index (χ3n) is 2.23. The van der Waals surface area contributed by atoms with Crippen LogP contribution in [0.1, 0.15) is 6.42 Å². The third kappa shape index (κ3) is 1.40. The van der Waals surface area contributed by atoms with Gasteiger partial charge in [-0.05, 0) is 6.42 Å². The van der Waals surface area contributed by atoms with Crippen LogP contribution in [0.25, 0.3) is 0 Å². The van der Waals surface area contributed by atoms with E-state index in [4.69, 9.17) is 15.2 Å². The van der Waals surface area contributed by atoms with Crippen molar-refractivity contribution in [3.05, 3.63) is 0 Å². The summed E-state index contributed by atoms with van der Waals surface area (Å²) in [6.07, 6.45) is 1.74. The summed E-state index contributed by atoms with van der Waals surface area (Å²) in [6.45, 7) is 1.67. The molecular formula is C7H13NO2S. The molecule has 4 heteroatoms. The zero-order valence-electron chi connectivity index (χ0n) is 6.36. The van der Waals surface area contributed by atoms with E-state index >= 15 is 0 Å². The van der Waals surface area contributed by atoms with Gasteiger partial charge in [-0.3, -0.25) is 0 Å². The third-order valence-corrected chi connectivity index (χ3v) is 3.26. The highest BCUT2D eigenvalue weighted by Gasteiger charge is 2.41. The molecule has 0 aromatic rings. The molecule has 0 amide bonds. The predicted octanol–water partition coefficient (Wildman–Crippen LogP) is 0.192. The van der Waals surface area contributed by atoms with E-state index in [0.29, 0.717) is 23.3 Å². The topological polar surface area (TPSA) is 44.5 Å². The number of fused-ring (bicyclic) bond motifs is 1. The molecule has 2 N–H and O–H groups in total. The average molecular weight is 175 g/mol. The van der Waals surface area contributed by atoms with Crippen LogP contribution in [0.3, 0.4) is 0 Å². The van der Waals surface area contributed by atoms with E-state index in [0.717, 1.165) is 19.6 Å². The molecule has 2 aliphatic rings. The zero-order valence-corrected chi connectivity index (χ0v) is 7.18. The number of hydrogen-bond donors (Lipinski definition) is 1. The lowest BCUT2D eigenvalue weighted by Gasteiger charge is -2.13. The molecule has 2 heterocycles. The van der Waals surface area contributed by atoms with Crippen molar-refractivity contribution in [2.24, 2.45) is 5.73 Å². The Morgan fingerprint density at radius 2 is 2.36 bits per heavy atom. The molecule has 2 rings (SSSR count). The van der Waals surface area contributed by atoms with Crippen molar-refractivity contribution in [3.8, 4) is 0 Å². The SMILES string of the molecule is NCSC1COC2CCOC21. The molecule has 0 saturated carbocycles. The smallest absolute Gasteiger partial charge is 0.0978 e. The Labute approximate surface area is 70.6 Å². The maximum absolute atomic E-state index is 5.54. The largest absolute Gasteiger partial charge is 0.374 e. The normalized spacial score (nSPS) is 42.8. The van der Waals surface area contributed by atoms with Crippen LogP contribution >= 0.6 is 11.8 Å². The van der Waals surface area contributed by atoms with Gasteiger partial charge in [0.15, 0.2) is 0 Å². The quantitative estimate of drug-likeness (QED) is 0.609. The van der Waals surface area contributed by atoms with E-state index < -0.39 is 0 Å². The lowest BCUT2D eigenvalue weighted by molar-refractivity contribution is 0.0738. The first-order valence-corrected chi connectivity index (χ1v) is 5.01. The van der Waals surface area contributed by atoms with Crippen LogP contribution < -0.4 is 5.73 Å². The van der Waals surface area contributed by atoms with Gasteiger partial charge in [0.25, 0.3) is 0 Å². The van der Waals surface area contributed by atoms with E-state index in [1.54, 1.807) is 11.8 Å². The Hall–Kier alpha value is 0.230. The van der Waals surface area contributed by atoms with E-state index in [1.165, 1.54) is 0 Å². The summed E-state index contributed by atoms with van der Waals surface area (Å²) in [5, 5.41) is 0.479. The Balaban J connectivity index is 1.92. The highest BCUT2D eigenvalue weighted by molar-refractivity contribution is 7.99. The number of ether oxygens (including phenoxy) is 2. The van der Waals surface area contributed by atoms with Crippen molar-refractivity contribution < 1.29 is 9.47 Å². The summed E-state index contributed by atoms with van der Waals surface area (Å²) in [6, 6.07) is 0. The first-order valence-electron chi connectivity index (χ1n) is 3.96. The van der Waals surface area contributed by atoms with Gasteiger partial charge in [-0.15, -0.1) is 11.8 Å². The minimum atomic E-state index is 0.323. The molecule has 0 aromatic carbocycles. The Kier molecular flexibility index (Phi) is 2.36. The van der Waals surface area contributed by atoms with Crippen LogP contribution in [0.15, 0.2) is 0 Å². The molecule has 3 nitrogen and oxygen atoms in total. The highest BCUT2D eigenvalue weighted by atomic mass is 32.2. The maximum Gasteiger partial charge on any atom is 0.0978 e. The molecule has 2 saturated heterocycles. The van der Waals surface area contributed by atoms with Crippen molar-refractivity contribution >= 4 is 11.8 Å². The van der Waals surface area contributed by atoms with Crippen molar-refractivity contribution in [3.63, 3.8) is 0 Å². The fourth-order valence-electron chi connectivity index (χ4n) is 1.70. The fraction of sp³-hybridized carbons (Fsp3) is 1.00. The molecule has 11 heavy (non-hydrogen) atoms. The van der Waals surface area contributed by atoms with Gasteiger partial charge in [-0.25, -0.2) is 0 Å². The van der Waals surface area contributed by atoms with E-state index in [1.807, 2.05) is 0 Å². The molecule has 3 atom stereocenters. The van der Waals surface area contributed by atoms with Gasteiger partial charge in [0.2, 0.25) is 0 Å². The van der Waals surface area contributed by atoms with Gasteiger partial charge in [0.05, 0.1) is 24.1 Å². The van der Waals surface area contributed by atoms with Gasteiger partial charge in [0, 0.05) is 12.5 Å². The second kappa shape index (κ2) is 3.31. The summed E-state index contributed by atoms with van der Waals surface area (Å²) in [5.74, 6) is 0.667. The number of nitrogens with two attached hydrogens (primary N) is 1. The first-order chi connectivity index (χ1) is 5.42. The lowest BCUT2D eigenvalue weighted by atomic mass is 10.2. The van der Waals surface area contributed by atoms with Gasteiger partial charge in [-0.2, -0.15) is 0 Å². The molecule has 2 aliphatic heterocycles. The second-order valence-corrected chi connectivity index (χ2v) is 4.14. The van der Waals surface area contributed by atoms with Crippen LogP contribution in [-0.2, 0) is 9.47 Å². The van der Waals surface area contributed by atoms with Crippen LogP contribution in [0.5, 0.6) is 0 Å². The van der Waals surface area contributed by atoms with E-state index in [-0.39, 0.29) is 0 Å². The number of hydrogen-bond acceptors (Lipinski definition) is 4. The molecule has 0 spiro atoms. The van der Waals surface area contributed by atoms with Crippen LogP contribution in [0.2, 0.25) is 0 Å². The monoisotopic (exact) mass is 175 g/mol. The molecule has 64 valence electrons. The second-order valence-electron chi connectivity index (χ2n) is 2.87.